The zero-order valence-corrected chi connectivity index (χ0v) is 15.2. The molecule has 1 N–H and O–H groups in total. The molecule has 0 aliphatic carbocycles. The van der Waals surface area contributed by atoms with Crippen molar-refractivity contribution in [1.29, 1.82) is 0 Å². The van der Waals surface area contributed by atoms with Gasteiger partial charge in [0.1, 0.15) is 0 Å². The first-order chi connectivity index (χ1) is 9.24. The zero-order chi connectivity index (χ0) is 15.3. The molecule has 0 bridgehead atoms. The number of rotatable bonds is 7. The molecule has 1 aromatic rings. The highest BCUT2D eigenvalue weighted by molar-refractivity contribution is 9.10. The normalized spacial score (nSPS) is 13.8. The second-order valence-electron chi connectivity index (χ2n) is 6.25. The van der Waals surface area contributed by atoms with E-state index in [0.717, 1.165) is 29.6 Å². The van der Waals surface area contributed by atoms with Gasteiger partial charge in [0.05, 0.1) is 28.1 Å². The molecule has 0 saturated carbocycles. The van der Waals surface area contributed by atoms with E-state index >= 15 is 0 Å². The van der Waals surface area contributed by atoms with Crippen molar-refractivity contribution in [3.05, 3.63) is 15.9 Å². The first-order valence-electron chi connectivity index (χ1n) is 7.30. The van der Waals surface area contributed by atoms with Crippen molar-refractivity contribution in [1.82, 2.24) is 15.1 Å². The summed E-state index contributed by atoms with van der Waals surface area (Å²) in [5.41, 5.74) is 2.15. The summed E-state index contributed by atoms with van der Waals surface area (Å²) in [5, 5.41) is 8.02. The molecular formula is C15H28BrN3O. The molecule has 20 heavy (non-hydrogen) atoms. The maximum atomic E-state index is 5.94. The summed E-state index contributed by atoms with van der Waals surface area (Å²) in [4.78, 5) is 0. The van der Waals surface area contributed by atoms with Crippen LogP contribution in [0.1, 0.15) is 45.5 Å². The molecule has 1 heterocycles. The highest BCUT2D eigenvalue weighted by Gasteiger charge is 2.19. The van der Waals surface area contributed by atoms with Crippen LogP contribution >= 0.6 is 15.9 Å². The Morgan fingerprint density at radius 3 is 2.50 bits per heavy atom. The first-order valence-corrected chi connectivity index (χ1v) is 8.09. The second kappa shape index (κ2) is 7.57. The molecule has 5 heteroatoms. The van der Waals surface area contributed by atoms with Crippen molar-refractivity contribution in [2.75, 3.05) is 13.2 Å². The fourth-order valence-corrected chi connectivity index (χ4v) is 2.52. The van der Waals surface area contributed by atoms with Crippen molar-refractivity contribution in [2.24, 2.45) is 7.05 Å². The van der Waals surface area contributed by atoms with E-state index in [0.29, 0.717) is 12.6 Å². The third kappa shape index (κ3) is 5.54. The molecular weight excluding hydrogens is 318 g/mol. The van der Waals surface area contributed by atoms with Crippen molar-refractivity contribution in [3.8, 4) is 0 Å². The van der Waals surface area contributed by atoms with Crippen LogP contribution in [0.15, 0.2) is 4.47 Å². The highest BCUT2D eigenvalue weighted by atomic mass is 79.9. The summed E-state index contributed by atoms with van der Waals surface area (Å²) >= 11 is 3.64. The van der Waals surface area contributed by atoms with Gasteiger partial charge in [0.25, 0.3) is 0 Å². The Balaban J connectivity index is 2.73. The predicted molar refractivity (Wildman–Crippen MR) is 87.1 cm³/mol. The minimum absolute atomic E-state index is 0.105. The monoisotopic (exact) mass is 345 g/mol. The van der Waals surface area contributed by atoms with Gasteiger partial charge >= 0.3 is 0 Å². The summed E-state index contributed by atoms with van der Waals surface area (Å²) in [6.07, 6.45) is 2.03. The van der Waals surface area contributed by atoms with Crippen LogP contribution < -0.4 is 5.32 Å². The van der Waals surface area contributed by atoms with Gasteiger partial charge in [-0.25, -0.2) is 0 Å². The Morgan fingerprint density at radius 1 is 1.40 bits per heavy atom. The summed E-state index contributed by atoms with van der Waals surface area (Å²) in [6.45, 7) is 12.2. The average molecular weight is 346 g/mol. The molecule has 0 aromatic carbocycles. The molecule has 0 saturated heterocycles. The minimum atomic E-state index is -0.105. The van der Waals surface area contributed by atoms with E-state index in [4.69, 9.17) is 4.74 Å². The smallest absolute Gasteiger partial charge is 0.0738 e. The van der Waals surface area contributed by atoms with Gasteiger partial charge in [-0.1, -0.05) is 6.92 Å². The lowest BCUT2D eigenvalue weighted by atomic mass is 10.1. The third-order valence-corrected chi connectivity index (χ3v) is 4.13. The minimum Gasteiger partial charge on any atom is -0.374 e. The Labute approximate surface area is 131 Å². The summed E-state index contributed by atoms with van der Waals surface area (Å²) < 4.78 is 9.01. The SMILES string of the molecule is CCCNC(COC(C)(C)C)Cc1c(Br)c(C)nn1C. The Morgan fingerprint density at radius 2 is 2.05 bits per heavy atom. The summed E-state index contributed by atoms with van der Waals surface area (Å²) in [7, 11) is 1.99. The third-order valence-electron chi connectivity index (χ3n) is 3.10. The number of halogens is 1. The van der Waals surface area contributed by atoms with E-state index < -0.39 is 0 Å². The van der Waals surface area contributed by atoms with Crippen LogP contribution in [0.3, 0.4) is 0 Å². The van der Waals surface area contributed by atoms with Gasteiger partial charge in [0, 0.05) is 19.5 Å². The van der Waals surface area contributed by atoms with Crippen LogP contribution in [0.5, 0.6) is 0 Å². The van der Waals surface area contributed by atoms with E-state index in [1.165, 1.54) is 5.69 Å². The highest BCUT2D eigenvalue weighted by Crippen LogP contribution is 2.22. The Hall–Kier alpha value is -0.390. The lowest BCUT2D eigenvalue weighted by Gasteiger charge is -2.25. The number of hydrogen-bond donors (Lipinski definition) is 1. The van der Waals surface area contributed by atoms with Crippen molar-refractivity contribution >= 4 is 15.9 Å². The maximum Gasteiger partial charge on any atom is 0.0738 e. The van der Waals surface area contributed by atoms with Crippen LogP contribution in [0.4, 0.5) is 0 Å². The van der Waals surface area contributed by atoms with E-state index in [9.17, 15) is 0 Å². The summed E-state index contributed by atoms with van der Waals surface area (Å²) in [5.74, 6) is 0. The zero-order valence-electron chi connectivity index (χ0n) is 13.6. The van der Waals surface area contributed by atoms with Crippen LogP contribution in [0.2, 0.25) is 0 Å². The van der Waals surface area contributed by atoms with E-state index in [-0.39, 0.29) is 5.60 Å². The fraction of sp³-hybridized carbons (Fsp3) is 0.800. The molecule has 0 fully saturated rings. The summed E-state index contributed by atoms with van der Waals surface area (Å²) in [6, 6.07) is 0.306. The quantitative estimate of drug-likeness (QED) is 0.824. The number of ether oxygens (including phenoxy) is 1. The van der Waals surface area contributed by atoms with Crippen LogP contribution in [-0.2, 0) is 18.2 Å². The second-order valence-corrected chi connectivity index (χ2v) is 7.04. The molecule has 116 valence electrons. The first kappa shape index (κ1) is 17.7. The largest absolute Gasteiger partial charge is 0.374 e. The lowest BCUT2D eigenvalue weighted by molar-refractivity contribution is -0.0145. The number of aromatic nitrogens is 2. The molecule has 0 amide bonds. The maximum absolute atomic E-state index is 5.94. The van der Waals surface area contributed by atoms with E-state index in [2.05, 4.69) is 54.0 Å². The standard InChI is InChI=1S/C15H28BrN3O/c1-7-8-17-12(10-20-15(3,4)5)9-13-14(16)11(2)18-19(13)6/h12,17H,7-10H2,1-6H3. The van der Waals surface area contributed by atoms with E-state index in [1.807, 2.05) is 18.7 Å². The van der Waals surface area contributed by atoms with Crippen LogP contribution in [-0.4, -0.2) is 34.6 Å². The molecule has 1 rings (SSSR count). The topological polar surface area (TPSA) is 39.1 Å². The number of hydrogen-bond acceptors (Lipinski definition) is 3. The van der Waals surface area contributed by atoms with Gasteiger partial charge in [0.15, 0.2) is 0 Å². The van der Waals surface area contributed by atoms with Gasteiger partial charge in [-0.3, -0.25) is 4.68 Å². The number of nitrogens with one attached hydrogen (secondary N) is 1. The molecule has 1 unspecified atom stereocenters. The molecule has 0 spiro atoms. The van der Waals surface area contributed by atoms with Crippen LogP contribution in [0.25, 0.3) is 0 Å². The Bertz CT molecular complexity index is 423. The average Bonchev–Trinajstić information content (AvgIpc) is 2.57. The van der Waals surface area contributed by atoms with Gasteiger partial charge in [-0.05, 0) is 56.6 Å². The van der Waals surface area contributed by atoms with Gasteiger partial charge in [-0.15, -0.1) is 0 Å². The fourth-order valence-electron chi connectivity index (χ4n) is 2.02. The van der Waals surface area contributed by atoms with Crippen LogP contribution in [0, 0.1) is 6.92 Å². The molecule has 4 nitrogen and oxygen atoms in total. The molecule has 1 aromatic heterocycles. The molecule has 1 atom stereocenters. The Kier molecular flexibility index (Phi) is 6.69. The number of aryl methyl sites for hydroxylation is 2. The van der Waals surface area contributed by atoms with Crippen molar-refractivity contribution in [3.63, 3.8) is 0 Å². The van der Waals surface area contributed by atoms with E-state index in [1.54, 1.807) is 0 Å². The van der Waals surface area contributed by atoms with Crippen molar-refractivity contribution < 1.29 is 4.74 Å². The van der Waals surface area contributed by atoms with Gasteiger partial charge in [0.2, 0.25) is 0 Å². The van der Waals surface area contributed by atoms with Crippen molar-refractivity contribution in [2.45, 2.75) is 59.1 Å². The molecule has 0 aliphatic rings. The molecule has 0 radical (unpaired) electrons. The predicted octanol–water partition coefficient (Wildman–Crippen LogP) is 3.22. The lowest BCUT2D eigenvalue weighted by Crippen LogP contribution is -2.39. The van der Waals surface area contributed by atoms with Gasteiger partial charge < -0.3 is 10.1 Å². The molecule has 0 aliphatic heterocycles. The number of nitrogens with zero attached hydrogens (tertiary/aromatic N) is 2. The van der Waals surface area contributed by atoms with Gasteiger partial charge in [-0.2, -0.15) is 5.10 Å².